The van der Waals surface area contributed by atoms with Crippen molar-refractivity contribution in [2.45, 2.75) is 6.92 Å². The van der Waals surface area contributed by atoms with E-state index in [0.717, 1.165) is 15.8 Å². The molecule has 0 radical (unpaired) electrons. The third-order valence-electron chi connectivity index (χ3n) is 3.24. The molecule has 1 heterocycles. The zero-order chi connectivity index (χ0) is 17.8. The van der Waals surface area contributed by atoms with Gasteiger partial charge in [0, 0.05) is 18.7 Å². The maximum absolute atomic E-state index is 12.8. The molecule has 0 aliphatic carbocycles. The first kappa shape index (κ1) is 16.8. The standard InChI is InChI=1S/C18H14FN3O2S/c1-11(23)20-14-7-8-15-16(10-14)25-18(21-15)22-17(24)9-4-12-2-5-13(19)6-3-12/h2-10H,1H3,(H,20,23)(H,21,22,24)/b9-4+. The summed E-state index contributed by atoms with van der Waals surface area (Å²) in [6.07, 6.45) is 2.96. The molecule has 2 aromatic carbocycles. The molecule has 0 saturated heterocycles. The van der Waals surface area contributed by atoms with Crippen molar-refractivity contribution in [2.75, 3.05) is 10.6 Å². The highest BCUT2D eigenvalue weighted by atomic mass is 32.1. The van der Waals surface area contributed by atoms with E-state index in [0.29, 0.717) is 10.8 Å². The molecule has 0 fully saturated rings. The second kappa shape index (κ2) is 7.23. The summed E-state index contributed by atoms with van der Waals surface area (Å²) in [5, 5.41) is 5.86. The maximum Gasteiger partial charge on any atom is 0.250 e. The van der Waals surface area contributed by atoms with Gasteiger partial charge in [0.05, 0.1) is 10.2 Å². The topological polar surface area (TPSA) is 71.1 Å². The van der Waals surface area contributed by atoms with Gasteiger partial charge in [-0.15, -0.1) is 0 Å². The number of hydrogen-bond acceptors (Lipinski definition) is 4. The minimum Gasteiger partial charge on any atom is -0.326 e. The van der Waals surface area contributed by atoms with Crippen molar-refractivity contribution >= 4 is 50.3 Å². The average molecular weight is 355 g/mol. The van der Waals surface area contributed by atoms with Gasteiger partial charge in [-0.3, -0.25) is 14.9 Å². The highest BCUT2D eigenvalue weighted by molar-refractivity contribution is 7.22. The quantitative estimate of drug-likeness (QED) is 0.694. The van der Waals surface area contributed by atoms with Gasteiger partial charge in [0.1, 0.15) is 5.82 Å². The van der Waals surface area contributed by atoms with E-state index in [1.165, 1.54) is 36.5 Å². The van der Waals surface area contributed by atoms with Crippen LogP contribution in [0.2, 0.25) is 0 Å². The van der Waals surface area contributed by atoms with Crippen LogP contribution in [-0.2, 0) is 9.59 Å². The van der Waals surface area contributed by atoms with Crippen LogP contribution in [-0.4, -0.2) is 16.8 Å². The van der Waals surface area contributed by atoms with Crippen molar-refractivity contribution in [1.82, 2.24) is 4.98 Å². The van der Waals surface area contributed by atoms with E-state index in [2.05, 4.69) is 15.6 Å². The van der Waals surface area contributed by atoms with Crippen LogP contribution < -0.4 is 10.6 Å². The van der Waals surface area contributed by atoms with Crippen molar-refractivity contribution in [3.8, 4) is 0 Å². The number of hydrogen-bond donors (Lipinski definition) is 2. The van der Waals surface area contributed by atoms with E-state index in [1.807, 2.05) is 0 Å². The minimum atomic E-state index is -0.328. The molecule has 7 heteroatoms. The molecule has 126 valence electrons. The molecule has 0 unspecified atom stereocenters. The monoisotopic (exact) mass is 355 g/mol. The Morgan fingerprint density at radius 3 is 2.60 bits per heavy atom. The number of anilines is 2. The summed E-state index contributed by atoms with van der Waals surface area (Å²) in [5.41, 5.74) is 2.13. The molecule has 0 aliphatic rings. The molecule has 3 aromatic rings. The Hall–Kier alpha value is -3.06. The van der Waals surface area contributed by atoms with Gasteiger partial charge in [-0.1, -0.05) is 23.5 Å². The van der Waals surface area contributed by atoms with Crippen molar-refractivity contribution < 1.29 is 14.0 Å². The average Bonchev–Trinajstić information content (AvgIpc) is 2.95. The van der Waals surface area contributed by atoms with Crippen LogP contribution in [0.3, 0.4) is 0 Å². The molecular weight excluding hydrogens is 341 g/mol. The largest absolute Gasteiger partial charge is 0.326 e. The number of carbonyl (C=O) groups excluding carboxylic acids is 2. The summed E-state index contributed by atoms with van der Waals surface area (Å²) >= 11 is 1.31. The predicted molar refractivity (Wildman–Crippen MR) is 98.0 cm³/mol. The second-order valence-electron chi connectivity index (χ2n) is 5.26. The van der Waals surface area contributed by atoms with Crippen LogP contribution in [0.5, 0.6) is 0 Å². The van der Waals surface area contributed by atoms with E-state index in [1.54, 1.807) is 36.4 Å². The zero-order valence-corrected chi connectivity index (χ0v) is 14.1. The van der Waals surface area contributed by atoms with Gasteiger partial charge < -0.3 is 5.32 Å². The predicted octanol–water partition coefficient (Wildman–Crippen LogP) is 4.05. The summed E-state index contributed by atoms with van der Waals surface area (Å²) in [6, 6.07) is 11.2. The first-order chi connectivity index (χ1) is 12.0. The number of halogens is 1. The van der Waals surface area contributed by atoms with Gasteiger partial charge in [0.2, 0.25) is 11.8 Å². The number of fused-ring (bicyclic) bond motifs is 1. The Kier molecular flexibility index (Phi) is 4.85. The van der Waals surface area contributed by atoms with E-state index < -0.39 is 0 Å². The normalized spacial score (nSPS) is 11.0. The lowest BCUT2D eigenvalue weighted by molar-refractivity contribution is -0.114. The molecule has 0 saturated carbocycles. The lowest BCUT2D eigenvalue weighted by atomic mass is 10.2. The van der Waals surface area contributed by atoms with Crippen LogP contribution in [0, 0.1) is 5.82 Å². The number of rotatable bonds is 4. The number of nitrogens with zero attached hydrogens (tertiary/aromatic N) is 1. The molecule has 0 aliphatic heterocycles. The lowest BCUT2D eigenvalue weighted by Gasteiger charge is -1.99. The van der Waals surface area contributed by atoms with Gasteiger partial charge in [0.15, 0.2) is 5.13 Å². The number of nitrogens with one attached hydrogen (secondary N) is 2. The lowest BCUT2D eigenvalue weighted by Crippen LogP contribution is -2.07. The fourth-order valence-electron chi connectivity index (χ4n) is 2.15. The molecule has 0 bridgehead atoms. The third kappa shape index (κ3) is 4.48. The first-order valence-corrected chi connectivity index (χ1v) is 8.24. The molecule has 3 rings (SSSR count). The molecule has 25 heavy (non-hydrogen) atoms. The summed E-state index contributed by atoms with van der Waals surface area (Å²) in [5.74, 6) is -0.802. The van der Waals surface area contributed by atoms with E-state index >= 15 is 0 Å². The smallest absolute Gasteiger partial charge is 0.250 e. The van der Waals surface area contributed by atoms with Gasteiger partial charge in [-0.05, 0) is 42.0 Å². The van der Waals surface area contributed by atoms with Crippen LogP contribution in [0.1, 0.15) is 12.5 Å². The van der Waals surface area contributed by atoms with Crippen molar-refractivity contribution in [3.63, 3.8) is 0 Å². The molecule has 1 aromatic heterocycles. The van der Waals surface area contributed by atoms with E-state index in [4.69, 9.17) is 0 Å². The van der Waals surface area contributed by atoms with Crippen molar-refractivity contribution in [3.05, 3.63) is 59.9 Å². The summed E-state index contributed by atoms with van der Waals surface area (Å²) in [7, 11) is 0. The maximum atomic E-state index is 12.8. The summed E-state index contributed by atoms with van der Waals surface area (Å²) < 4.78 is 13.7. The highest BCUT2D eigenvalue weighted by Gasteiger charge is 2.07. The Morgan fingerprint density at radius 1 is 1.12 bits per heavy atom. The van der Waals surface area contributed by atoms with Crippen LogP contribution in [0.25, 0.3) is 16.3 Å². The Bertz CT molecular complexity index is 964. The molecule has 0 spiro atoms. The van der Waals surface area contributed by atoms with Crippen molar-refractivity contribution in [2.24, 2.45) is 0 Å². The van der Waals surface area contributed by atoms with Crippen molar-refractivity contribution in [1.29, 1.82) is 0 Å². The Labute approximate surface area is 147 Å². The molecule has 2 N–H and O–H groups in total. The van der Waals surface area contributed by atoms with Crippen LogP contribution in [0.4, 0.5) is 15.2 Å². The minimum absolute atomic E-state index is 0.150. The fraction of sp³-hybridized carbons (Fsp3) is 0.0556. The molecule has 5 nitrogen and oxygen atoms in total. The van der Waals surface area contributed by atoms with Crippen LogP contribution >= 0.6 is 11.3 Å². The number of aromatic nitrogens is 1. The van der Waals surface area contributed by atoms with Crippen LogP contribution in [0.15, 0.2) is 48.5 Å². The molecular formula is C18H14FN3O2S. The number of amides is 2. The number of thiazole rings is 1. The first-order valence-electron chi connectivity index (χ1n) is 7.42. The Morgan fingerprint density at radius 2 is 1.88 bits per heavy atom. The molecule has 0 atom stereocenters. The summed E-state index contributed by atoms with van der Waals surface area (Å²) in [4.78, 5) is 27.4. The second-order valence-corrected chi connectivity index (χ2v) is 6.29. The van der Waals surface area contributed by atoms with Gasteiger partial charge in [-0.2, -0.15) is 0 Å². The SMILES string of the molecule is CC(=O)Nc1ccc2nc(NC(=O)/C=C/c3ccc(F)cc3)sc2c1. The van der Waals surface area contributed by atoms with E-state index in [9.17, 15) is 14.0 Å². The Balaban J connectivity index is 1.70. The van der Waals surface area contributed by atoms with E-state index in [-0.39, 0.29) is 17.6 Å². The molecule has 2 amide bonds. The number of benzene rings is 2. The third-order valence-corrected chi connectivity index (χ3v) is 4.17. The number of carbonyl (C=O) groups is 2. The van der Waals surface area contributed by atoms with Gasteiger partial charge >= 0.3 is 0 Å². The van der Waals surface area contributed by atoms with Gasteiger partial charge in [0.25, 0.3) is 0 Å². The zero-order valence-electron chi connectivity index (χ0n) is 13.2. The fourth-order valence-corrected chi connectivity index (χ4v) is 3.06. The summed E-state index contributed by atoms with van der Waals surface area (Å²) in [6.45, 7) is 1.44. The highest BCUT2D eigenvalue weighted by Crippen LogP contribution is 2.28. The van der Waals surface area contributed by atoms with Gasteiger partial charge in [-0.25, -0.2) is 9.37 Å².